The lowest BCUT2D eigenvalue weighted by atomic mass is 9.91. The van der Waals surface area contributed by atoms with Crippen LogP contribution in [0.3, 0.4) is 0 Å². The zero-order chi connectivity index (χ0) is 38.9. The summed E-state index contributed by atoms with van der Waals surface area (Å²) in [4.78, 5) is 2.41. The summed E-state index contributed by atoms with van der Waals surface area (Å²) >= 11 is 1.86. The summed E-state index contributed by atoms with van der Waals surface area (Å²) in [6.07, 6.45) is 0. The Balaban J connectivity index is 1.07. The number of anilines is 3. The molecule has 2 heterocycles. The van der Waals surface area contributed by atoms with E-state index in [-0.39, 0.29) is 0 Å². The number of hydrogen-bond donors (Lipinski definition) is 0. The molecule has 0 saturated heterocycles. The summed E-state index contributed by atoms with van der Waals surface area (Å²) in [7, 11) is 0. The van der Waals surface area contributed by atoms with Gasteiger partial charge in [0.2, 0.25) is 0 Å². The monoisotopic (exact) mass is 769 g/mol. The molecule has 0 spiro atoms. The minimum absolute atomic E-state index is 0.865. The quantitative estimate of drug-likeness (QED) is 0.167. The first-order chi connectivity index (χ1) is 29.3. The van der Waals surface area contributed by atoms with E-state index in [1.165, 1.54) is 64.1 Å². The van der Waals surface area contributed by atoms with Gasteiger partial charge < -0.3 is 9.32 Å². The Labute approximate surface area is 345 Å². The lowest BCUT2D eigenvalue weighted by Crippen LogP contribution is -2.10. The van der Waals surface area contributed by atoms with Gasteiger partial charge in [0.15, 0.2) is 0 Å². The zero-order valence-electron chi connectivity index (χ0n) is 32.0. The average Bonchev–Trinajstić information content (AvgIpc) is 3.89. The summed E-state index contributed by atoms with van der Waals surface area (Å²) in [6, 6.07) is 76.9. The van der Waals surface area contributed by atoms with Gasteiger partial charge in [-0.05, 0) is 104 Å². The lowest BCUT2D eigenvalue weighted by molar-refractivity contribution is 0.672. The Kier molecular flexibility index (Phi) is 7.75. The van der Waals surface area contributed by atoms with Gasteiger partial charge in [-0.25, -0.2) is 0 Å². The lowest BCUT2D eigenvalue weighted by Gasteiger charge is -2.27. The number of nitrogens with zero attached hydrogens (tertiary/aromatic N) is 1. The fraction of sp³-hybridized carbons (Fsp3) is 0. The van der Waals surface area contributed by atoms with Gasteiger partial charge in [0.05, 0.1) is 11.1 Å². The molecule has 12 aromatic rings. The molecule has 0 amide bonds. The number of rotatable bonds is 6. The molecule has 0 bridgehead atoms. The molecule has 2 aromatic heterocycles. The molecule has 2 nitrogen and oxygen atoms in total. The third-order valence-electron chi connectivity index (χ3n) is 11.8. The highest BCUT2D eigenvalue weighted by molar-refractivity contribution is 7.25. The summed E-state index contributed by atoms with van der Waals surface area (Å²) in [5.41, 5.74) is 12.2. The first-order valence-electron chi connectivity index (χ1n) is 20.1. The van der Waals surface area contributed by atoms with Gasteiger partial charge in [0.25, 0.3) is 0 Å². The van der Waals surface area contributed by atoms with Crippen LogP contribution < -0.4 is 4.90 Å². The van der Waals surface area contributed by atoms with Crippen molar-refractivity contribution in [2.45, 2.75) is 0 Å². The van der Waals surface area contributed by atoms with Crippen molar-refractivity contribution in [3.63, 3.8) is 0 Å². The Bertz CT molecular complexity index is 3550. The molecule has 0 fully saturated rings. The second-order valence-corrected chi connectivity index (χ2v) is 16.3. The van der Waals surface area contributed by atoms with E-state index in [0.717, 1.165) is 50.0 Å². The maximum atomic E-state index is 6.74. The van der Waals surface area contributed by atoms with Crippen LogP contribution in [0.2, 0.25) is 0 Å². The molecule has 3 heteroatoms. The van der Waals surface area contributed by atoms with Crippen LogP contribution in [0.4, 0.5) is 17.1 Å². The van der Waals surface area contributed by atoms with Crippen molar-refractivity contribution in [3.05, 3.63) is 212 Å². The van der Waals surface area contributed by atoms with Gasteiger partial charge in [0, 0.05) is 42.3 Å². The maximum absolute atomic E-state index is 6.74. The van der Waals surface area contributed by atoms with E-state index in [1.54, 1.807) is 0 Å². The van der Waals surface area contributed by atoms with E-state index < -0.39 is 0 Å². The van der Waals surface area contributed by atoms with E-state index in [9.17, 15) is 0 Å². The molecule has 0 unspecified atom stereocenters. The Morgan fingerprint density at radius 2 is 0.983 bits per heavy atom. The molecule has 276 valence electrons. The van der Waals surface area contributed by atoms with Crippen LogP contribution in [0, 0.1) is 0 Å². The summed E-state index contributed by atoms with van der Waals surface area (Å²) < 4.78 is 9.36. The highest BCUT2D eigenvalue weighted by Gasteiger charge is 2.22. The summed E-state index contributed by atoms with van der Waals surface area (Å²) in [6.45, 7) is 0. The third-order valence-corrected chi connectivity index (χ3v) is 13.0. The normalized spacial score (nSPS) is 11.7. The van der Waals surface area contributed by atoms with Crippen molar-refractivity contribution in [3.8, 4) is 33.4 Å². The van der Waals surface area contributed by atoms with Crippen LogP contribution in [0.5, 0.6) is 0 Å². The fourth-order valence-corrected chi connectivity index (χ4v) is 10.3. The summed E-state index contributed by atoms with van der Waals surface area (Å²) in [5, 5.41) is 9.57. The fourth-order valence-electron chi connectivity index (χ4n) is 9.21. The molecule has 0 N–H and O–H groups in total. The van der Waals surface area contributed by atoms with Gasteiger partial charge in [0.1, 0.15) is 11.2 Å². The largest absolute Gasteiger partial charge is 0.455 e. The molecular weight excluding hydrogens is 735 g/mol. The smallest absolute Gasteiger partial charge is 0.143 e. The molecule has 0 saturated carbocycles. The van der Waals surface area contributed by atoms with Crippen molar-refractivity contribution in [1.82, 2.24) is 0 Å². The highest BCUT2D eigenvalue weighted by Crippen LogP contribution is 2.47. The summed E-state index contributed by atoms with van der Waals surface area (Å²) in [5.74, 6) is 0. The molecule has 0 aliphatic rings. The van der Waals surface area contributed by atoms with Crippen LogP contribution in [-0.4, -0.2) is 0 Å². The predicted molar refractivity (Wildman–Crippen MR) is 253 cm³/mol. The Morgan fingerprint density at radius 1 is 0.356 bits per heavy atom. The van der Waals surface area contributed by atoms with Crippen LogP contribution in [0.15, 0.2) is 217 Å². The number of thiophene rings is 1. The number of furan rings is 1. The van der Waals surface area contributed by atoms with E-state index in [4.69, 9.17) is 4.42 Å². The third kappa shape index (κ3) is 5.47. The highest BCUT2D eigenvalue weighted by atomic mass is 32.1. The molecule has 10 aromatic carbocycles. The number of fused-ring (bicyclic) bond motifs is 9. The minimum atomic E-state index is 0.865. The van der Waals surface area contributed by atoms with Crippen molar-refractivity contribution in [2.24, 2.45) is 0 Å². The maximum Gasteiger partial charge on any atom is 0.143 e. The van der Waals surface area contributed by atoms with Crippen molar-refractivity contribution >= 4 is 92.1 Å². The van der Waals surface area contributed by atoms with Gasteiger partial charge in [-0.2, -0.15) is 0 Å². The van der Waals surface area contributed by atoms with Gasteiger partial charge in [-0.1, -0.05) is 158 Å². The Hall–Kier alpha value is -7.46. The molecular formula is C56H35NOS. The number of hydrogen-bond acceptors (Lipinski definition) is 3. The van der Waals surface area contributed by atoms with E-state index in [2.05, 4.69) is 217 Å². The van der Waals surface area contributed by atoms with Gasteiger partial charge in [-0.3, -0.25) is 0 Å². The topological polar surface area (TPSA) is 16.4 Å². The van der Waals surface area contributed by atoms with Crippen molar-refractivity contribution in [2.75, 3.05) is 4.90 Å². The van der Waals surface area contributed by atoms with Gasteiger partial charge >= 0.3 is 0 Å². The van der Waals surface area contributed by atoms with E-state index >= 15 is 0 Å². The van der Waals surface area contributed by atoms with Crippen LogP contribution in [0.25, 0.3) is 97.0 Å². The van der Waals surface area contributed by atoms with Gasteiger partial charge in [-0.15, -0.1) is 11.3 Å². The van der Waals surface area contributed by atoms with E-state index in [0.29, 0.717) is 0 Å². The van der Waals surface area contributed by atoms with Crippen LogP contribution in [0.1, 0.15) is 0 Å². The minimum Gasteiger partial charge on any atom is -0.455 e. The van der Waals surface area contributed by atoms with Crippen molar-refractivity contribution in [1.29, 1.82) is 0 Å². The second kappa shape index (κ2) is 13.6. The molecule has 0 aliphatic heterocycles. The molecule has 12 rings (SSSR count). The first kappa shape index (κ1) is 33.7. The first-order valence-corrected chi connectivity index (χ1v) is 20.9. The van der Waals surface area contributed by atoms with Crippen LogP contribution >= 0.6 is 11.3 Å². The standard InChI is InChI=1S/C56H35NOS/c1-2-13-36(14-3-1)43-22-9-16-39-17-10-23-45(53(39)43)40-18-8-19-42(35-40)57(49-25-12-26-50-55(49)48-34-31-37-15-4-5-20-46(37)56(48)58-50)41-32-29-38(30-33-41)44-24-11-28-52-54(44)47-21-6-7-27-51(47)59-52/h1-35H. The zero-order valence-corrected chi connectivity index (χ0v) is 32.8. The van der Waals surface area contributed by atoms with Crippen molar-refractivity contribution < 1.29 is 4.42 Å². The number of benzene rings is 10. The Morgan fingerprint density at radius 3 is 1.83 bits per heavy atom. The van der Waals surface area contributed by atoms with Crippen LogP contribution in [-0.2, 0) is 0 Å². The molecule has 0 atom stereocenters. The van der Waals surface area contributed by atoms with E-state index in [1.807, 2.05) is 11.3 Å². The molecule has 0 radical (unpaired) electrons. The average molecular weight is 770 g/mol. The second-order valence-electron chi connectivity index (χ2n) is 15.2. The molecule has 0 aliphatic carbocycles. The molecule has 59 heavy (non-hydrogen) atoms. The predicted octanol–water partition coefficient (Wildman–Crippen LogP) is 16.7. The SMILES string of the molecule is c1ccc(-c2cccc3cccc(-c4cccc(N(c5ccc(-c6cccc7sc8ccccc8c67)cc5)c5cccc6oc7c8ccccc8ccc7c56)c4)c23)cc1.